The van der Waals surface area contributed by atoms with Gasteiger partial charge in [-0.05, 0) is 51.8 Å². The molecule has 0 bridgehead atoms. The van der Waals surface area contributed by atoms with Gasteiger partial charge in [-0.25, -0.2) is 4.48 Å². The lowest BCUT2D eigenvalue weighted by Gasteiger charge is -2.39. The highest BCUT2D eigenvalue weighted by molar-refractivity contribution is 5.60. The summed E-state index contributed by atoms with van der Waals surface area (Å²) in [6.07, 6.45) is -3.08. The first kappa shape index (κ1) is 19.6. The molecule has 0 saturated carbocycles. The molecule has 7 heteroatoms. The van der Waals surface area contributed by atoms with E-state index in [1.807, 2.05) is 27.8 Å². The number of nitrogens with zero attached hydrogens (tertiary/aromatic N) is 1. The molecule has 4 nitrogen and oxygen atoms in total. The SMILES string of the molecule is CC(C)(C)OC(=O)[N+]1(C)CCC[C@@H](Nc2cccc(C(F)(F)F)c2)C1. The average molecular weight is 359 g/mol. The molecule has 1 heterocycles. The van der Waals surface area contributed by atoms with Crippen LogP contribution in [-0.4, -0.2) is 42.4 Å². The summed E-state index contributed by atoms with van der Waals surface area (Å²) in [5.74, 6) is 0. The number of benzene rings is 1. The Morgan fingerprint density at radius 1 is 1.28 bits per heavy atom. The maximum Gasteiger partial charge on any atom is 0.516 e. The lowest BCUT2D eigenvalue weighted by atomic mass is 10.0. The molecule has 1 saturated heterocycles. The van der Waals surface area contributed by atoms with Gasteiger partial charge in [0.15, 0.2) is 0 Å². The molecule has 1 fully saturated rings. The van der Waals surface area contributed by atoms with E-state index in [1.165, 1.54) is 6.07 Å². The number of piperidine rings is 1. The molecule has 1 aliphatic heterocycles. The zero-order valence-electron chi connectivity index (χ0n) is 15.1. The zero-order valence-corrected chi connectivity index (χ0v) is 15.1. The van der Waals surface area contributed by atoms with Crippen LogP contribution in [0.4, 0.5) is 23.7 Å². The Labute approximate surface area is 146 Å². The van der Waals surface area contributed by atoms with Crippen LogP contribution in [0.5, 0.6) is 0 Å². The van der Waals surface area contributed by atoms with Gasteiger partial charge in [-0.15, -0.1) is 0 Å². The number of ether oxygens (including phenoxy) is 1. The number of carbonyl (C=O) groups is 1. The molecule has 0 radical (unpaired) electrons. The summed E-state index contributed by atoms with van der Waals surface area (Å²) in [4.78, 5) is 12.5. The van der Waals surface area contributed by atoms with E-state index in [4.69, 9.17) is 4.74 Å². The number of carbonyl (C=O) groups excluding carboxylic acids is 1. The van der Waals surface area contributed by atoms with Gasteiger partial charge in [-0.3, -0.25) is 0 Å². The summed E-state index contributed by atoms with van der Waals surface area (Å²) in [5, 5.41) is 3.14. The zero-order chi connectivity index (χ0) is 18.9. The fourth-order valence-corrected chi connectivity index (χ4v) is 3.03. The molecule has 1 aliphatic rings. The first-order valence-corrected chi connectivity index (χ1v) is 8.41. The molecule has 1 N–H and O–H groups in total. The normalized spacial score (nSPS) is 24.7. The number of hydrogen-bond donors (Lipinski definition) is 1. The van der Waals surface area contributed by atoms with Crippen LogP contribution >= 0.6 is 0 Å². The molecular weight excluding hydrogens is 333 g/mol. The number of amides is 1. The summed E-state index contributed by atoms with van der Waals surface area (Å²) in [7, 11) is 1.81. The van der Waals surface area contributed by atoms with Crippen molar-refractivity contribution in [3.63, 3.8) is 0 Å². The second-order valence-electron chi connectivity index (χ2n) is 7.84. The molecule has 0 aliphatic carbocycles. The Balaban J connectivity index is 2.08. The Hall–Kier alpha value is -1.76. The number of nitrogens with one attached hydrogen (secondary N) is 1. The Morgan fingerprint density at radius 3 is 2.56 bits per heavy atom. The topological polar surface area (TPSA) is 38.3 Å². The second kappa shape index (κ2) is 6.86. The van der Waals surface area contributed by atoms with Gasteiger partial charge in [-0.2, -0.15) is 18.0 Å². The van der Waals surface area contributed by atoms with Crippen LogP contribution in [-0.2, 0) is 10.9 Å². The van der Waals surface area contributed by atoms with E-state index in [1.54, 1.807) is 6.07 Å². The van der Waals surface area contributed by atoms with E-state index < -0.39 is 17.3 Å². The van der Waals surface area contributed by atoms with E-state index in [-0.39, 0.29) is 16.6 Å². The van der Waals surface area contributed by atoms with Gasteiger partial charge in [0, 0.05) is 5.69 Å². The number of quaternary nitrogens is 1. The van der Waals surface area contributed by atoms with Gasteiger partial charge in [0.1, 0.15) is 12.1 Å². The summed E-state index contributed by atoms with van der Waals surface area (Å²) >= 11 is 0. The maximum absolute atomic E-state index is 12.8. The van der Waals surface area contributed by atoms with E-state index in [2.05, 4.69) is 5.32 Å². The molecule has 2 atom stereocenters. The van der Waals surface area contributed by atoms with Gasteiger partial charge < -0.3 is 10.1 Å². The third kappa shape index (κ3) is 5.36. The number of likely N-dealkylation sites (N-methyl/N-ethyl adjacent to an activating group) is 1. The first-order valence-electron chi connectivity index (χ1n) is 8.41. The fourth-order valence-electron chi connectivity index (χ4n) is 3.03. The van der Waals surface area contributed by atoms with Gasteiger partial charge in [-0.1, -0.05) is 6.07 Å². The summed E-state index contributed by atoms with van der Waals surface area (Å²) in [6, 6.07) is 5.06. The Morgan fingerprint density at radius 2 is 1.96 bits per heavy atom. The predicted octanol–water partition coefficient (Wildman–Crippen LogP) is 4.66. The van der Waals surface area contributed by atoms with Crippen molar-refractivity contribution in [1.29, 1.82) is 0 Å². The number of likely N-dealkylation sites (tertiary alicyclic amines) is 1. The largest absolute Gasteiger partial charge is 0.516 e. The van der Waals surface area contributed by atoms with Crippen molar-refractivity contribution >= 4 is 11.8 Å². The highest BCUT2D eigenvalue weighted by Gasteiger charge is 2.41. The van der Waals surface area contributed by atoms with E-state index >= 15 is 0 Å². The quantitative estimate of drug-likeness (QED) is 0.781. The van der Waals surface area contributed by atoms with Gasteiger partial charge >= 0.3 is 12.3 Å². The van der Waals surface area contributed by atoms with Crippen molar-refractivity contribution in [2.45, 2.75) is 51.4 Å². The van der Waals surface area contributed by atoms with Crippen molar-refractivity contribution in [3.8, 4) is 0 Å². The minimum Gasteiger partial charge on any atom is -0.414 e. The number of alkyl halides is 3. The highest BCUT2D eigenvalue weighted by Crippen LogP contribution is 2.31. The van der Waals surface area contributed by atoms with Gasteiger partial charge in [0.2, 0.25) is 0 Å². The molecule has 1 aromatic rings. The van der Waals surface area contributed by atoms with Crippen molar-refractivity contribution in [1.82, 2.24) is 0 Å². The van der Waals surface area contributed by atoms with Crippen LogP contribution in [0.3, 0.4) is 0 Å². The van der Waals surface area contributed by atoms with Crippen LogP contribution in [0.25, 0.3) is 0 Å². The van der Waals surface area contributed by atoms with E-state index in [0.717, 1.165) is 25.0 Å². The van der Waals surface area contributed by atoms with Crippen molar-refractivity contribution in [3.05, 3.63) is 29.8 Å². The summed E-state index contributed by atoms with van der Waals surface area (Å²) in [5.41, 5.74) is -0.838. The molecule has 1 unspecified atom stereocenters. The second-order valence-corrected chi connectivity index (χ2v) is 7.84. The molecule has 1 aromatic carbocycles. The van der Waals surface area contributed by atoms with Crippen molar-refractivity contribution < 1.29 is 27.2 Å². The minimum absolute atomic E-state index is 0.0882. The van der Waals surface area contributed by atoms with Crippen LogP contribution in [0.1, 0.15) is 39.2 Å². The molecule has 1 amide bonds. The molecule has 0 spiro atoms. The Kier molecular flexibility index (Phi) is 5.37. The monoisotopic (exact) mass is 359 g/mol. The smallest absolute Gasteiger partial charge is 0.414 e. The predicted molar refractivity (Wildman–Crippen MR) is 90.2 cm³/mol. The van der Waals surface area contributed by atoms with Crippen LogP contribution in [0.15, 0.2) is 24.3 Å². The lowest BCUT2D eigenvalue weighted by Crippen LogP contribution is -2.59. The van der Waals surface area contributed by atoms with Gasteiger partial charge in [0.25, 0.3) is 0 Å². The Bertz CT molecular complexity index is 625. The molecule has 140 valence electrons. The number of anilines is 1. The number of halogens is 3. The van der Waals surface area contributed by atoms with Crippen molar-refractivity contribution in [2.24, 2.45) is 0 Å². The summed E-state index contributed by atoms with van der Waals surface area (Å²) < 4.78 is 44.1. The number of hydrogen-bond acceptors (Lipinski definition) is 3. The maximum atomic E-state index is 12.8. The minimum atomic E-state index is -4.37. The molecular formula is C18H26F3N2O2+. The van der Waals surface area contributed by atoms with Crippen molar-refractivity contribution in [2.75, 3.05) is 25.5 Å². The molecule has 25 heavy (non-hydrogen) atoms. The van der Waals surface area contributed by atoms with Crippen LogP contribution in [0.2, 0.25) is 0 Å². The van der Waals surface area contributed by atoms with Crippen LogP contribution in [0, 0.1) is 0 Å². The highest BCUT2D eigenvalue weighted by atomic mass is 19.4. The van der Waals surface area contributed by atoms with Gasteiger partial charge in [0.05, 0.1) is 25.2 Å². The molecule has 2 rings (SSSR count). The van der Waals surface area contributed by atoms with Crippen LogP contribution < -0.4 is 5.32 Å². The average Bonchev–Trinajstić information content (AvgIpc) is 2.45. The third-order valence-electron chi connectivity index (χ3n) is 4.22. The summed E-state index contributed by atoms with van der Waals surface area (Å²) in [6.45, 7) is 6.60. The lowest BCUT2D eigenvalue weighted by molar-refractivity contribution is -0.844. The van der Waals surface area contributed by atoms with E-state index in [9.17, 15) is 18.0 Å². The number of rotatable bonds is 2. The third-order valence-corrected chi connectivity index (χ3v) is 4.22. The fraction of sp³-hybridized carbons (Fsp3) is 0.611. The molecule has 0 aromatic heterocycles. The first-order chi connectivity index (χ1) is 11.4. The van der Waals surface area contributed by atoms with E-state index in [0.29, 0.717) is 18.8 Å². The standard InChI is InChI=1S/C18H26F3N2O2/c1-17(2,3)25-16(24)23(4)10-6-9-15(12-23)22-14-8-5-7-13(11-14)18(19,20)21/h5,7-8,11,15,22H,6,9-10,12H2,1-4H3/q+1/t15-,23?/m1/s1.